The predicted molar refractivity (Wildman–Crippen MR) is 105 cm³/mol. The fraction of sp³-hybridized carbons (Fsp3) is 0.316. The lowest BCUT2D eigenvalue weighted by Gasteiger charge is -2.14. The number of hydrogen-bond acceptors (Lipinski definition) is 8. The van der Waals surface area contributed by atoms with Crippen molar-refractivity contribution in [2.75, 3.05) is 18.0 Å². The van der Waals surface area contributed by atoms with Gasteiger partial charge in [-0.25, -0.2) is 14.2 Å². The largest absolute Gasteiger partial charge is 0.442 e. The molecule has 31 heavy (non-hydrogen) atoms. The van der Waals surface area contributed by atoms with Crippen molar-refractivity contribution in [3.8, 4) is 11.3 Å². The van der Waals surface area contributed by atoms with Crippen molar-refractivity contribution in [1.29, 1.82) is 0 Å². The molecule has 3 aromatic rings. The minimum atomic E-state index is -0.595. The number of hydrogen-bond donors (Lipinski definition) is 3. The minimum absolute atomic E-state index is 0.198. The summed E-state index contributed by atoms with van der Waals surface area (Å²) in [5.41, 5.74) is 1.32. The molecule has 2 aromatic heterocycles. The van der Waals surface area contributed by atoms with Crippen molar-refractivity contribution in [2.45, 2.75) is 26.1 Å². The van der Waals surface area contributed by atoms with Crippen LogP contribution in [0.1, 0.15) is 18.5 Å². The Balaban J connectivity index is 1.39. The van der Waals surface area contributed by atoms with E-state index in [2.05, 4.69) is 31.0 Å². The van der Waals surface area contributed by atoms with Crippen LogP contribution in [-0.2, 0) is 22.6 Å². The molecule has 12 heteroatoms. The first-order valence-corrected chi connectivity index (χ1v) is 9.52. The maximum Gasteiger partial charge on any atom is 0.414 e. The molecule has 0 aliphatic carbocycles. The van der Waals surface area contributed by atoms with Crippen LogP contribution in [0.25, 0.3) is 11.3 Å². The highest BCUT2D eigenvalue weighted by Gasteiger charge is 2.32. The highest BCUT2D eigenvalue weighted by Crippen LogP contribution is 2.29. The maximum absolute atomic E-state index is 14.8. The van der Waals surface area contributed by atoms with Crippen molar-refractivity contribution in [2.24, 2.45) is 0 Å². The number of ether oxygens (including phenoxy) is 1. The average Bonchev–Trinajstić information content (AvgIpc) is 3.48. The summed E-state index contributed by atoms with van der Waals surface area (Å²) in [7, 11) is 0. The Bertz CT molecular complexity index is 1070. The van der Waals surface area contributed by atoms with Gasteiger partial charge in [0.05, 0.1) is 49.0 Å². The predicted octanol–water partition coefficient (Wildman–Crippen LogP) is 1.35. The van der Waals surface area contributed by atoms with Gasteiger partial charge in [-0.3, -0.25) is 9.69 Å². The van der Waals surface area contributed by atoms with Crippen LogP contribution in [0.15, 0.2) is 35.0 Å². The minimum Gasteiger partial charge on any atom is -0.442 e. The number of halogens is 1. The normalized spacial score (nSPS) is 15.9. The molecule has 1 aliphatic heterocycles. The monoisotopic (exact) mass is 429 g/mol. The molecule has 0 spiro atoms. The number of carbonyl (C=O) groups excluding carboxylic acids is 2. The quantitative estimate of drug-likeness (QED) is 0.488. The van der Waals surface area contributed by atoms with Crippen LogP contribution >= 0.6 is 0 Å². The van der Waals surface area contributed by atoms with Crippen molar-refractivity contribution >= 4 is 17.7 Å². The summed E-state index contributed by atoms with van der Waals surface area (Å²) in [6.45, 7) is 2.60. The Morgan fingerprint density at radius 3 is 2.97 bits per heavy atom. The third-order valence-electron chi connectivity index (χ3n) is 4.58. The number of anilines is 1. The molecule has 3 N–H and O–H groups in total. The summed E-state index contributed by atoms with van der Waals surface area (Å²) in [5, 5.41) is 15.9. The Kier molecular flexibility index (Phi) is 5.89. The first-order chi connectivity index (χ1) is 15.0. The lowest BCUT2D eigenvalue weighted by Crippen LogP contribution is -2.33. The van der Waals surface area contributed by atoms with Gasteiger partial charge in [-0.15, -0.1) is 0 Å². The molecule has 1 fully saturated rings. The first kappa shape index (κ1) is 20.5. The Labute approximate surface area is 176 Å². The van der Waals surface area contributed by atoms with E-state index in [0.29, 0.717) is 24.7 Å². The van der Waals surface area contributed by atoms with Gasteiger partial charge >= 0.3 is 6.09 Å². The zero-order valence-corrected chi connectivity index (χ0v) is 16.6. The third-order valence-corrected chi connectivity index (χ3v) is 4.58. The number of benzene rings is 1. The molecule has 0 bridgehead atoms. The van der Waals surface area contributed by atoms with E-state index in [4.69, 9.17) is 9.15 Å². The van der Waals surface area contributed by atoms with Crippen LogP contribution in [0, 0.1) is 5.82 Å². The average molecular weight is 429 g/mol. The molecule has 11 nitrogen and oxygen atoms in total. The second-order valence-corrected chi connectivity index (χ2v) is 6.90. The van der Waals surface area contributed by atoms with Crippen LogP contribution in [0.3, 0.4) is 0 Å². The number of cyclic esters (lactones) is 1. The highest BCUT2D eigenvalue weighted by molar-refractivity contribution is 5.90. The van der Waals surface area contributed by atoms with Crippen LogP contribution in [0.2, 0.25) is 0 Å². The summed E-state index contributed by atoms with van der Waals surface area (Å²) in [6, 6.07) is 4.36. The number of oxazole rings is 1. The van der Waals surface area contributed by atoms with Gasteiger partial charge in [0, 0.05) is 13.5 Å². The number of aromatic nitrogens is 4. The lowest BCUT2D eigenvalue weighted by atomic mass is 10.1. The van der Waals surface area contributed by atoms with Gasteiger partial charge in [0.25, 0.3) is 0 Å². The summed E-state index contributed by atoms with van der Waals surface area (Å²) < 4.78 is 25.6. The molecule has 1 aromatic carbocycles. The molecule has 162 valence electrons. The van der Waals surface area contributed by atoms with E-state index >= 15 is 0 Å². The smallest absolute Gasteiger partial charge is 0.414 e. The van der Waals surface area contributed by atoms with Gasteiger partial charge < -0.3 is 19.8 Å². The second-order valence-electron chi connectivity index (χ2n) is 6.90. The second kappa shape index (κ2) is 8.92. The highest BCUT2D eigenvalue weighted by atomic mass is 19.1. The number of aromatic amines is 1. The summed E-state index contributed by atoms with van der Waals surface area (Å²) >= 11 is 0. The third kappa shape index (κ3) is 4.86. The van der Waals surface area contributed by atoms with E-state index in [-0.39, 0.29) is 30.3 Å². The van der Waals surface area contributed by atoms with E-state index in [0.717, 1.165) is 5.69 Å². The topological polar surface area (TPSA) is 138 Å². The molecule has 1 atom stereocenters. The molecule has 1 saturated heterocycles. The van der Waals surface area contributed by atoms with E-state index in [1.807, 2.05) is 0 Å². The number of carbonyl (C=O) groups is 2. The standard InChI is InChI=1S/C19H20FN7O4/c1-11(28)22-7-14-10-27(19(29)30-14)13-2-3-15(16(20)4-13)17-8-23-18(31-17)9-21-5-12-6-24-26-25-12/h2-4,6,8,14,21H,5,7,9-10H2,1H3,(H,22,28)(H,24,25,26)/t14-/m0/s1. The van der Waals surface area contributed by atoms with Crippen LogP contribution < -0.4 is 15.5 Å². The zero-order valence-electron chi connectivity index (χ0n) is 16.6. The number of nitrogens with zero attached hydrogens (tertiary/aromatic N) is 4. The van der Waals surface area contributed by atoms with Gasteiger partial charge in [-0.1, -0.05) is 0 Å². The van der Waals surface area contributed by atoms with Gasteiger partial charge in [0.2, 0.25) is 11.8 Å². The molecule has 3 heterocycles. The lowest BCUT2D eigenvalue weighted by molar-refractivity contribution is -0.119. The maximum atomic E-state index is 14.8. The van der Waals surface area contributed by atoms with Crippen molar-refractivity contribution in [3.63, 3.8) is 0 Å². The van der Waals surface area contributed by atoms with E-state index in [1.165, 1.54) is 30.2 Å². The SMILES string of the molecule is CC(=O)NC[C@H]1CN(c2ccc(-c3cnc(CNCc4cn[nH]n4)o3)c(F)c2)C(=O)O1. The fourth-order valence-corrected chi connectivity index (χ4v) is 3.09. The Morgan fingerprint density at radius 1 is 1.35 bits per heavy atom. The molecule has 1 aliphatic rings. The zero-order chi connectivity index (χ0) is 21.8. The van der Waals surface area contributed by atoms with Gasteiger partial charge in [0.15, 0.2) is 5.76 Å². The number of rotatable bonds is 8. The van der Waals surface area contributed by atoms with Gasteiger partial charge in [-0.05, 0) is 18.2 Å². The molecule has 4 rings (SSSR count). The van der Waals surface area contributed by atoms with Crippen LogP contribution in [0.4, 0.5) is 14.9 Å². The summed E-state index contributed by atoms with van der Waals surface area (Å²) in [6.07, 6.45) is 1.95. The molecule has 2 amide bonds. The number of amides is 2. The fourth-order valence-electron chi connectivity index (χ4n) is 3.09. The van der Waals surface area contributed by atoms with Crippen LogP contribution in [0.5, 0.6) is 0 Å². The van der Waals surface area contributed by atoms with E-state index in [1.54, 1.807) is 12.3 Å². The Morgan fingerprint density at radius 2 is 2.23 bits per heavy atom. The van der Waals surface area contributed by atoms with Crippen LogP contribution in [-0.4, -0.2) is 51.6 Å². The molecule has 0 unspecified atom stereocenters. The molecular formula is C19H20FN7O4. The van der Waals surface area contributed by atoms with Gasteiger partial charge in [-0.2, -0.15) is 15.4 Å². The molecule has 0 saturated carbocycles. The van der Waals surface area contributed by atoms with Gasteiger partial charge in [0.1, 0.15) is 11.9 Å². The van der Waals surface area contributed by atoms with Crippen molar-refractivity contribution in [3.05, 3.63) is 48.0 Å². The number of H-pyrrole nitrogens is 1. The van der Waals surface area contributed by atoms with E-state index in [9.17, 15) is 14.0 Å². The summed E-state index contributed by atoms with van der Waals surface area (Å²) in [5.74, 6) is -0.112. The molecular weight excluding hydrogens is 409 g/mol. The van der Waals surface area contributed by atoms with E-state index < -0.39 is 18.0 Å². The van der Waals surface area contributed by atoms with Crippen molar-refractivity contribution in [1.82, 2.24) is 31.0 Å². The van der Waals surface area contributed by atoms with Crippen molar-refractivity contribution < 1.29 is 23.1 Å². The summed E-state index contributed by atoms with van der Waals surface area (Å²) in [4.78, 5) is 28.6. The molecule has 0 radical (unpaired) electrons. The first-order valence-electron chi connectivity index (χ1n) is 9.52. The number of nitrogens with one attached hydrogen (secondary N) is 3. The Hall–Kier alpha value is -3.80.